The van der Waals surface area contributed by atoms with E-state index < -0.39 is 41.6 Å². The number of carbonyl (C=O) groups excluding carboxylic acids is 3. The summed E-state index contributed by atoms with van der Waals surface area (Å²) in [5.41, 5.74) is 2.10. The summed E-state index contributed by atoms with van der Waals surface area (Å²) in [6, 6.07) is 24.5. The maximum atomic E-state index is 14.4. The van der Waals surface area contributed by atoms with E-state index in [1.807, 2.05) is 6.07 Å². The van der Waals surface area contributed by atoms with Crippen LogP contribution in [0.1, 0.15) is 46.4 Å². The molecule has 214 valence electrons. The number of benzene rings is 4. The number of ketones is 1. The number of nitrogens with one attached hydrogen (secondary N) is 1. The van der Waals surface area contributed by atoms with Crippen molar-refractivity contribution in [2.75, 3.05) is 11.9 Å². The highest BCUT2D eigenvalue weighted by Gasteiger charge is 2.44. The second-order valence-corrected chi connectivity index (χ2v) is 10.0. The number of carbonyl (C=O) groups is 3. The lowest BCUT2D eigenvalue weighted by Crippen LogP contribution is -2.42. The smallest absolute Gasteiger partial charge is 0.417 e. The van der Waals surface area contributed by atoms with Gasteiger partial charge in [-0.15, -0.1) is 0 Å². The number of ether oxygens (including phenoxy) is 1. The van der Waals surface area contributed by atoms with Crippen LogP contribution in [0.3, 0.4) is 0 Å². The number of aromatic hydroxyl groups is 1. The second-order valence-electron chi connectivity index (χ2n) is 10.0. The van der Waals surface area contributed by atoms with Gasteiger partial charge >= 0.3 is 6.09 Å². The number of imide groups is 1. The van der Waals surface area contributed by atoms with Gasteiger partial charge in [-0.05, 0) is 78.2 Å². The zero-order valence-electron chi connectivity index (χ0n) is 22.5. The minimum absolute atomic E-state index is 0.0140. The molecular formula is C33H28F2N2O5. The van der Waals surface area contributed by atoms with Crippen molar-refractivity contribution in [2.24, 2.45) is 5.92 Å². The Hall–Kier alpha value is -5.05. The van der Waals surface area contributed by atoms with Crippen molar-refractivity contribution in [3.8, 4) is 5.75 Å². The molecule has 1 aliphatic heterocycles. The van der Waals surface area contributed by atoms with Crippen LogP contribution in [0.5, 0.6) is 5.75 Å². The van der Waals surface area contributed by atoms with Crippen molar-refractivity contribution < 1.29 is 33.0 Å². The number of phenolic OH excluding ortho intramolecular Hbond substituents is 1. The van der Waals surface area contributed by atoms with Gasteiger partial charge in [-0.3, -0.25) is 9.59 Å². The summed E-state index contributed by atoms with van der Waals surface area (Å²) in [7, 11) is 0. The average Bonchev–Trinajstić information content (AvgIpc) is 3.40. The number of cyclic esters (lactones) is 1. The van der Waals surface area contributed by atoms with Crippen molar-refractivity contribution in [3.63, 3.8) is 0 Å². The van der Waals surface area contributed by atoms with Gasteiger partial charge < -0.3 is 15.2 Å². The molecule has 0 radical (unpaired) electrons. The third-order valence-electron chi connectivity index (χ3n) is 7.28. The number of halogens is 2. The zero-order valence-corrected chi connectivity index (χ0v) is 22.5. The summed E-state index contributed by atoms with van der Waals surface area (Å²) < 4.78 is 32.5. The summed E-state index contributed by atoms with van der Waals surface area (Å²) in [6.45, 7) is -0.0227. The van der Waals surface area contributed by atoms with E-state index >= 15 is 0 Å². The molecule has 0 aromatic heterocycles. The number of anilines is 1. The SMILES string of the molecule is O=C(CC[C@H](C(=O)N1C(=O)OC[C@@H]1c1ccccc1)[C@@H](Nc1ccc(F)cc1)c1ccc(O)cc1)c1ccc(F)cc1. The standard InChI is InChI=1S/C33H28F2N2O5/c34-24-10-6-22(7-11-24)30(39)19-18-28(32(40)37-29(20-42-33(37)41)21-4-2-1-3-5-21)31(23-8-16-27(38)17-9-23)36-26-14-12-25(35)13-15-26/h1-17,28-29,31,36,38H,18-20H2/t28-,29+,31-/m0/s1. The van der Waals surface area contributed by atoms with Gasteiger partial charge in [0.1, 0.15) is 30.0 Å². The molecule has 2 amide bonds. The Bertz CT molecular complexity index is 1540. The van der Waals surface area contributed by atoms with Crippen LogP contribution in [0.15, 0.2) is 103 Å². The van der Waals surface area contributed by atoms with Crippen molar-refractivity contribution >= 4 is 23.5 Å². The number of rotatable bonds is 10. The first-order valence-electron chi connectivity index (χ1n) is 13.4. The van der Waals surface area contributed by atoms with Crippen molar-refractivity contribution in [2.45, 2.75) is 24.9 Å². The zero-order chi connectivity index (χ0) is 29.6. The summed E-state index contributed by atoms with van der Waals surface area (Å²) in [5.74, 6) is -2.75. The molecule has 0 spiro atoms. The minimum Gasteiger partial charge on any atom is -0.508 e. The Kier molecular flexibility index (Phi) is 8.57. The Morgan fingerprint density at radius 2 is 1.50 bits per heavy atom. The largest absolute Gasteiger partial charge is 0.508 e. The van der Waals surface area contributed by atoms with Gasteiger partial charge in [0.2, 0.25) is 5.91 Å². The number of phenols is 1. The van der Waals surface area contributed by atoms with E-state index in [-0.39, 0.29) is 36.5 Å². The molecule has 0 saturated carbocycles. The van der Waals surface area contributed by atoms with Gasteiger partial charge in [0.05, 0.1) is 12.0 Å². The van der Waals surface area contributed by atoms with Gasteiger partial charge in [0.25, 0.3) is 0 Å². The number of hydrogen-bond donors (Lipinski definition) is 2. The van der Waals surface area contributed by atoms with Crippen LogP contribution in [-0.2, 0) is 9.53 Å². The van der Waals surface area contributed by atoms with Gasteiger partial charge in [-0.25, -0.2) is 18.5 Å². The Morgan fingerprint density at radius 3 is 2.14 bits per heavy atom. The van der Waals surface area contributed by atoms with Gasteiger partial charge in [-0.1, -0.05) is 42.5 Å². The average molecular weight is 571 g/mol. The lowest BCUT2D eigenvalue weighted by atomic mass is 9.86. The summed E-state index contributed by atoms with van der Waals surface area (Å²) >= 11 is 0. The Morgan fingerprint density at radius 1 is 0.881 bits per heavy atom. The highest BCUT2D eigenvalue weighted by molar-refractivity contribution is 5.98. The van der Waals surface area contributed by atoms with Crippen LogP contribution >= 0.6 is 0 Å². The van der Waals surface area contributed by atoms with Crippen LogP contribution in [0.2, 0.25) is 0 Å². The number of nitrogens with zero attached hydrogens (tertiary/aromatic N) is 1. The first kappa shape index (κ1) is 28.5. The lowest BCUT2D eigenvalue weighted by molar-refractivity contribution is -0.134. The molecule has 4 aromatic carbocycles. The Labute approximate surface area is 241 Å². The topological polar surface area (TPSA) is 95.9 Å². The first-order chi connectivity index (χ1) is 20.3. The van der Waals surface area contributed by atoms with E-state index in [1.165, 1.54) is 60.7 Å². The second kappa shape index (κ2) is 12.6. The van der Waals surface area contributed by atoms with Gasteiger partial charge in [-0.2, -0.15) is 0 Å². The molecule has 3 atom stereocenters. The fraction of sp³-hybridized carbons (Fsp3) is 0.182. The van der Waals surface area contributed by atoms with E-state index in [0.717, 1.165) is 4.90 Å². The molecular weight excluding hydrogens is 542 g/mol. The molecule has 0 unspecified atom stereocenters. The van der Waals surface area contributed by atoms with E-state index in [9.17, 15) is 28.3 Å². The third kappa shape index (κ3) is 6.46. The fourth-order valence-electron chi connectivity index (χ4n) is 5.09. The summed E-state index contributed by atoms with van der Waals surface area (Å²) in [4.78, 5) is 41.6. The van der Waals surface area contributed by atoms with Crippen LogP contribution in [0.4, 0.5) is 19.3 Å². The molecule has 4 aromatic rings. The van der Waals surface area contributed by atoms with Crippen LogP contribution in [0.25, 0.3) is 0 Å². The van der Waals surface area contributed by atoms with Crippen LogP contribution < -0.4 is 5.32 Å². The molecule has 9 heteroatoms. The maximum absolute atomic E-state index is 14.4. The fourth-order valence-corrected chi connectivity index (χ4v) is 5.09. The molecule has 1 heterocycles. The van der Waals surface area contributed by atoms with E-state index in [4.69, 9.17) is 4.74 Å². The first-order valence-corrected chi connectivity index (χ1v) is 13.4. The minimum atomic E-state index is -0.985. The predicted molar refractivity (Wildman–Crippen MR) is 152 cm³/mol. The lowest BCUT2D eigenvalue weighted by Gasteiger charge is -2.32. The normalized spacial score (nSPS) is 16.0. The van der Waals surface area contributed by atoms with Crippen LogP contribution in [-0.4, -0.2) is 34.4 Å². The van der Waals surface area contributed by atoms with Gasteiger partial charge in [0, 0.05) is 17.7 Å². The number of Topliss-reactive ketones (excluding diaryl/α,β-unsaturated/α-hetero) is 1. The summed E-state index contributed by atoms with van der Waals surface area (Å²) in [5, 5.41) is 13.2. The molecule has 5 rings (SSSR count). The molecule has 2 N–H and O–H groups in total. The monoisotopic (exact) mass is 570 g/mol. The van der Waals surface area contributed by atoms with E-state index in [1.54, 1.807) is 36.4 Å². The predicted octanol–water partition coefficient (Wildman–Crippen LogP) is 6.82. The molecule has 1 fully saturated rings. The van der Waals surface area contributed by atoms with E-state index in [2.05, 4.69) is 5.32 Å². The Balaban J connectivity index is 1.53. The number of hydrogen-bond acceptors (Lipinski definition) is 6. The third-order valence-corrected chi connectivity index (χ3v) is 7.28. The van der Waals surface area contributed by atoms with Crippen molar-refractivity contribution in [1.82, 2.24) is 4.90 Å². The maximum Gasteiger partial charge on any atom is 0.417 e. The van der Waals surface area contributed by atoms with Crippen molar-refractivity contribution in [3.05, 3.63) is 131 Å². The number of amides is 2. The van der Waals surface area contributed by atoms with Crippen LogP contribution in [0, 0.1) is 17.6 Å². The van der Waals surface area contributed by atoms with Gasteiger partial charge in [0.15, 0.2) is 5.78 Å². The highest BCUT2D eigenvalue weighted by Crippen LogP contribution is 2.37. The van der Waals surface area contributed by atoms with Crippen molar-refractivity contribution in [1.29, 1.82) is 0 Å². The molecule has 1 aliphatic rings. The quantitative estimate of drug-likeness (QED) is 0.203. The molecule has 42 heavy (non-hydrogen) atoms. The molecule has 0 bridgehead atoms. The summed E-state index contributed by atoms with van der Waals surface area (Å²) in [6.07, 6.45) is -0.865. The molecule has 1 saturated heterocycles. The van der Waals surface area contributed by atoms with E-state index in [0.29, 0.717) is 16.8 Å². The molecule has 7 nitrogen and oxygen atoms in total. The highest BCUT2D eigenvalue weighted by atomic mass is 19.1. The molecule has 0 aliphatic carbocycles.